The summed E-state index contributed by atoms with van der Waals surface area (Å²) in [5.41, 5.74) is 1.82. The molecule has 2 heterocycles. The van der Waals surface area contributed by atoms with E-state index in [-0.39, 0.29) is 30.1 Å². The fourth-order valence-electron chi connectivity index (χ4n) is 3.10. The molecule has 2 amide bonds. The van der Waals surface area contributed by atoms with E-state index in [2.05, 4.69) is 5.32 Å². The number of nitrogens with zero attached hydrogens (tertiary/aromatic N) is 1. The number of hydrogen-bond donors (Lipinski definition) is 2. The number of rotatable bonds is 4. The van der Waals surface area contributed by atoms with Gasteiger partial charge in [0, 0.05) is 36.5 Å². The molecular formula is C19H22N2O4. The van der Waals surface area contributed by atoms with E-state index in [0.717, 1.165) is 18.4 Å². The second kappa shape index (κ2) is 7.53. The van der Waals surface area contributed by atoms with E-state index in [0.29, 0.717) is 24.3 Å². The summed E-state index contributed by atoms with van der Waals surface area (Å²) in [7, 11) is 0. The second-order valence-electron chi connectivity index (χ2n) is 6.41. The molecule has 1 unspecified atom stereocenters. The van der Waals surface area contributed by atoms with Gasteiger partial charge in [0.15, 0.2) is 5.76 Å². The molecule has 6 heteroatoms. The van der Waals surface area contributed by atoms with Crippen LogP contribution in [-0.2, 0) is 0 Å². The first-order chi connectivity index (χ1) is 12.1. The molecule has 6 nitrogen and oxygen atoms in total. The van der Waals surface area contributed by atoms with Crippen molar-refractivity contribution in [3.05, 3.63) is 53.5 Å². The van der Waals surface area contributed by atoms with Crippen molar-refractivity contribution in [2.24, 2.45) is 5.92 Å². The van der Waals surface area contributed by atoms with Gasteiger partial charge in [-0.1, -0.05) is 6.07 Å². The predicted molar refractivity (Wildman–Crippen MR) is 93.6 cm³/mol. The molecule has 0 saturated carbocycles. The molecule has 3 rings (SSSR count). The normalized spacial score (nSPS) is 17.4. The fourth-order valence-corrected chi connectivity index (χ4v) is 3.10. The van der Waals surface area contributed by atoms with Crippen LogP contribution in [0.3, 0.4) is 0 Å². The summed E-state index contributed by atoms with van der Waals surface area (Å²) in [6.45, 7) is 3.16. The lowest BCUT2D eigenvalue weighted by Crippen LogP contribution is -2.40. The minimum atomic E-state index is -0.342. The van der Waals surface area contributed by atoms with E-state index in [4.69, 9.17) is 4.42 Å². The highest BCUT2D eigenvalue weighted by atomic mass is 16.3. The molecule has 0 aliphatic carbocycles. The molecule has 0 bridgehead atoms. The summed E-state index contributed by atoms with van der Waals surface area (Å²) in [5, 5.41) is 12.1. The first-order valence-corrected chi connectivity index (χ1v) is 8.44. The van der Waals surface area contributed by atoms with Gasteiger partial charge in [-0.25, -0.2) is 0 Å². The number of aliphatic hydroxyl groups excluding tert-OH is 1. The highest BCUT2D eigenvalue weighted by molar-refractivity contribution is 6.04. The van der Waals surface area contributed by atoms with Crippen molar-refractivity contribution >= 4 is 17.5 Å². The van der Waals surface area contributed by atoms with E-state index in [1.807, 2.05) is 0 Å². The quantitative estimate of drug-likeness (QED) is 0.895. The summed E-state index contributed by atoms with van der Waals surface area (Å²) < 4.78 is 5.18. The number of amides is 2. The van der Waals surface area contributed by atoms with Crippen LogP contribution in [0, 0.1) is 12.8 Å². The summed E-state index contributed by atoms with van der Waals surface area (Å²) in [6, 6.07) is 8.60. The first kappa shape index (κ1) is 17.2. The summed E-state index contributed by atoms with van der Waals surface area (Å²) in [5.74, 6) is -0.0186. The van der Waals surface area contributed by atoms with E-state index in [9.17, 15) is 14.7 Å². The van der Waals surface area contributed by atoms with Crippen LogP contribution in [0.15, 0.2) is 41.0 Å². The maximum Gasteiger partial charge on any atom is 0.291 e. The lowest BCUT2D eigenvalue weighted by molar-refractivity contribution is 0.0620. The standard InChI is InChI=1S/C19H22N2O4/c1-13-7-9-25-17(13)18(23)20-16-6-2-5-15(10-16)19(24)21-8-3-4-14(11-21)12-22/h2,5-7,9-10,14,22H,3-4,8,11-12H2,1H3,(H,20,23). The Morgan fingerprint density at radius 2 is 2.20 bits per heavy atom. The second-order valence-corrected chi connectivity index (χ2v) is 6.41. The Morgan fingerprint density at radius 3 is 2.92 bits per heavy atom. The third kappa shape index (κ3) is 3.91. The highest BCUT2D eigenvalue weighted by Gasteiger charge is 2.24. The lowest BCUT2D eigenvalue weighted by atomic mass is 9.98. The topological polar surface area (TPSA) is 82.8 Å². The van der Waals surface area contributed by atoms with Crippen LogP contribution >= 0.6 is 0 Å². The number of aliphatic hydroxyl groups is 1. The molecule has 1 aliphatic heterocycles. The van der Waals surface area contributed by atoms with Gasteiger partial charge >= 0.3 is 0 Å². The molecule has 0 spiro atoms. The van der Waals surface area contributed by atoms with Gasteiger partial charge in [0.2, 0.25) is 0 Å². The smallest absolute Gasteiger partial charge is 0.291 e. The van der Waals surface area contributed by atoms with Gasteiger partial charge in [-0.05, 0) is 49.9 Å². The number of anilines is 1. The molecule has 1 fully saturated rings. The largest absolute Gasteiger partial charge is 0.459 e. The summed E-state index contributed by atoms with van der Waals surface area (Å²) in [4.78, 5) is 26.7. The van der Waals surface area contributed by atoms with Crippen LogP contribution in [-0.4, -0.2) is 41.5 Å². The van der Waals surface area contributed by atoms with Crippen LogP contribution in [0.25, 0.3) is 0 Å². The number of benzene rings is 1. The van der Waals surface area contributed by atoms with Crippen molar-refractivity contribution in [1.82, 2.24) is 4.90 Å². The van der Waals surface area contributed by atoms with Gasteiger partial charge < -0.3 is 19.7 Å². The molecule has 1 atom stereocenters. The van der Waals surface area contributed by atoms with Gasteiger partial charge in [-0.3, -0.25) is 9.59 Å². The molecule has 1 aliphatic rings. The van der Waals surface area contributed by atoms with Crippen LogP contribution in [0.5, 0.6) is 0 Å². The van der Waals surface area contributed by atoms with Gasteiger partial charge in [0.05, 0.1) is 6.26 Å². The monoisotopic (exact) mass is 342 g/mol. The van der Waals surface area contributed by atoms with Crippen LogP contribution in [0.2, 0.25) is 0 Å². The molecule has 25 heavy (non-hydrogen) atoms. The number of furan rings is 1. The Hall–Kier alpha value is -2.60. The van der Waals surface area contributed by atoms with Gasteiger partial charge in [-0.15, -0.1) is 0 Å². The third-order valence-corrected chi connectivity index (χ3v) is 4.50. The van der Waals surface area contributed by atoms with Crippen molar-refractivity contribution in [3.8, 4) is 0 Å². The summed E-state index contributed by atoms with van der Waals surface area (Å²) >= 11 is 0. The zero-order valence-corrected chi connectivity index (χ0v) is 14.2. The summed E-state index contributed by atoms with van der Waals surface area (Å²) in [6.07, 6.45) is 3.31. The lowest BCUT2D eigenvalue weighted by Gasteiger charge is -2.32. The van der Waals surface area contributed by atoms with E-state index >= 15 is 0 Å². The number of piperidine rings is 1. The van der Waals surface area contributed by atoms with Crippen molar-refractivity contribution in [2.45, 2.75) is 19.8 Å². The van der Waals surface area contributed by atoms with Crippen molar-refractivity contribution in [3.63, 3.8) is 0 Å². The molecule has 1 aromatic heterocycles. The van der Waals surface area contributed by atoms with Crippen molar-refractivity contribution < 1.29 is 19.1 Å². The van der Waals surface area contributed by atoms with Crippen LogP contribution < -0.4 is 5.32 Å². The molecule has 2 aromatic rings. The van der Waals surface area contributed by atoms with E-state index in [1.54, 1.807) is 42.2 Å². The molecule has 1 aromatic carbocycles. The Kier molecular flexibility index (Phi) is 5.19. The number of carbonyl (C=O) groups excluding carboxylic acids is 2. The predicted octanol–water partition coefficient (Wildman–Crippen LogP) is 2.68. The molecular weight excluding hydrogens is 320 g/mol. The SMILES string of the molecule is Cc1ccoc1C(=O)Nc1cccc(C(=O)N2CCCC(CO)C2)c1. The third-order valence-electron chi connectivity index (χ3n) is 4.50. The average Bonchev–Trinajstić information content (AvgIpc) is 3.07. The number of likely N-dealkylation sites (tertiary alicyclic amines) is 1. The van der Waals surface area contributed by atoms with Gasteiger partial charge in [0.25, 0.3) is 11.8 Å². The number of aryl methyl sites for hydroxylation is 1. The van der Waals surface area contributed by atoms with E-state index < -0.39 is 0 Å². The maximum absolute atomic E-state index is 12.7. The molecule has 2 N–H and O–H groups in total. The average molecular weight is 342 g/mol. The Bertz CT molecular complexity index is 768. The number of nitrogens with one attached hydrogen (secondary N) is 1. The molecule has 0 radical (unpaired) electrons. The highest BCUT2D eigenvalue weighted by Crippen LogP contribution is 2.20. The molecule has 132 valence electrons. The molecule has 1 saturated heterocycles. The van der Waals surface area contributed by atoms with Crippen LogP contribution in [0.4, 0.5) is 5.69 Å². The fraction of sp³-hybridized carbons (Fsp3) is 0.368. The van der Waals surface area contributed by atoms with Crippen molar-refractivity contribution in [1.29, 1.82) is 0 Å². The van der Waals surface area contributed by atoms with Gasteiger partial charge in [0.1, 0.15) is 0 Å². The number of hydrogen-bond acceptors (Lipinski definition) is 4. The Morgan fingerprint density at radius 1 is 1.36 bits per heavy atom. The Balaban J connectivity index is 1.72. The zero-order chi connectivity index (χ0) is 17.8. The maximum atomic E-state index is 12.7. The first-order valence-electron chi connectivity index (χ1n) is 8.44. The number of carbonyl (C=O) groups is 2. The minimum Gasteiger partial charge on any atom is -0.459 e. The van der Waals surface area contributed by atoms with Gasteiger partial charge in [-0.2, -0.15) is 0 Å². The minimum absolute atomic E-state index is 0.0802. The van der Waals surface area contributed by atoms with E-state index in [1.165, 1.54) is 6.26 Å². The van der Waals surface area contributed by atoms with Crippen molar-refractivity contribution in [2.75, 3.05) is 25.0 Å². The zero-order valence-electron chi connectivity index (χ0n) is 14.2. The Labute approximate surface area is 146 Å². The van der Waals surface area contributed by atoms with Crippen LogP contribution in [0.1, 0.15) is 39.3 Å².